The second kappa shape index (κ2) is 6.01. The normalized spacial score (nSPS) is 12.2. The Labute approximate surface area is 104 Å². The first kappa shape index (κ1) is 13.2. The van der Waals surface area contributed by atoms with Crippen LogP contribution in [0.5, 0.6) is 0 Å². The van der Waals surface area contributed by atoms with Gasteiger partial charge in [-0.15, -0.1) is 0 Å². The molecule has 0 aromatic heterocycles. The van der Waals surface area contributed by atoms with Gasteiger partial charge < -0.3 is 9.84 Å². The van der Waals surface area contributed by atoms with Gasteiger partial charge in [0.05, 0.1) is 6.61 Å². The lowest BCUT2D eigenvalue weighted by atomic mass is 10.0. The minimum Gasteiger partial charge on any atom is -0.464 e. The van der Waals surface area contributed by atoms with Gasteiger partial charge in [0.15, 0.2) is 6.10 Å². The number of carbonyl (C=O) groups is 1. The number of esters is 1. The van der Waals surface area contributed by atoms with Crippen molar-refractivity contribution in [2.45, 2.75) is 26.4 Å². The molecule has 0 spiro atoms. The molecule has 0 aliphatic rings. The molecule has 1 aromatic carbocycles. The van der Waals surface area contributed by atoms with Gasteiger partial charge in [0.25, 0.3) is 0 Å². The number of benzene rings is 1. The molecule has 1 rings (SSSR count). The highest BCUT2D eigenvalue weighted by Gasteiger charge is 2.19. The number of hydrogen-bond donors (Lipinski definition) is 1. The standard InChI is InChI=1S/C12H15BrO3/c1-3-8-5-9(7-10(13)6-8)11(14)12(15)16-4-2/h5-7,11,14H,3-4H2,1-2H3. The van der Waals surface area contributed by atoms with Crippen LogP contribution in [0.1, 0.15) is 31.1 Å². The van der Waals surface area contributed by atoms with E-state index in [0.29, 0.717) is 5.56 Å². The van der Waals surface area contributed by atoms with Crippen molar-refractivity contribution in [1.29, 1.82) is 0 Å². The van der Waals surface area contributed by atoms with E-state index >= 15 is 0 Å². The van der Waals surface area contributed by atoms with E-state index in [2.05, 4.69) is 15.9 Å². The molecule has 4 heteroatoms. The Kier molecular flexibility index (Phi) is 4.96. The highest BCUT2D eigenvalue weighted by atomic mass is 79.9. The van der Waals surface area contributed by atoms with Crippen LogP contribution in [0.15, 0.2) is 22.7 Å². The summed E-state index contributed by atoms with van der Waals surface area (Å²) in [4.78, 5) is 11.4. The molecule has 0 heterocycles. The molecule has 0 amide bonds. The second-order valence-corrected chi connectivity index (χ2v) is 4.32. The van der Waals surface area contributed by atoms with Crippen molar-refractivity contribution in [3.05, 3.63) is 33.8 Å². The van der Waals surface area contributed by atoms with Crippen LogP contribution in [0.2, 0.25) is 0 Å². The molecule has 16 heavy (non-hydrogen) atoms. The van der Waals surface area contributed by atoms with Crippen molar-refractivity contribution in [3.8, 4) is 0 Å². The average Bonchev–Trinajstić information content (AvgIpc) is 2.27. The summed E-state index contributed by atoms with van der Waals surface area (Å²) in [7, 11) is 0. The van der Waals surface area contributed by atoms with E-state index in [1.54, 1.807) is 13.0 Å². The summed E-state index contributed by atoms with van der Waals surface area (Å²) in [5, 5.41) is 9.77. The summed E-state index contributed by atoms with van der Waals surface area (Å²) in [6, 6.07) is 5.49. The van der Waals surface area contributed by atoms with Crippen LogP contribution in [0.4, 0.5) is 0 Å². The highest BCUT2D eigenvalue weighted by Crippen LogP contribution is 2.22. The Morgan fingerprint density at radius 2 is 2.12 bits per heavy atom. The second-order valence-electron chi connectivity index (χ2n) is 3.40. The predicted molar refractivity (Wildman–Crippen MR) is 65.1 cm³/mol. The molecule has 0 aliphatic heterocycles. The number of aliphatic hydroxyl groups excluding tert-OH is 1. The van der Waals surface area contributed by atoms with Gasteiger partial charge >= 0.3 is 5.97 Å². The van der Waals surface area contributed by atoms with Gasteiger partial charge in [0.2, 0.25) is 0 Å². The molecule has 0 radical (unpaired) electrons. The maximum Gasteiger partial charge on any atom is 0.339 e. The van der Waals surface area contributed by atoms with Gasteiger partial charge in [-0.3, -0.25) is 0 Å². The van der Waals surface area contributed by atoms with E-state index in [9.17, 15) is 9.90 Å². The predicted octanol–water partition coefficient (Wildman–Crippen LogP) is 2.61. The van der Waals surface area contributed by atoms with Crippen molar-refractivity contribution < 1.29 is 14.6 Å². The zero-order chi connectivity index (χ0) is 12.1. The van der Waals surface area contributed by atoms with Gasteiger partial charge in [-0.25, -0.2) is 4.79 Å². The summed E-state index contributed by atoms with van der Waals surface area (Å²) in [6.45, 7) is 4.00. The summed E-state index contributed by atoms with van der Waals surface area (Å²) >= 11 is 3.35. The molecule has 3 nitrogen and oxygen atoms in total. The quantitative estimate of drug-likeness (QED) is 0.866. The first-order valence-corrected chi connectivity index (χ1v) is 6.01. The number of aryl methyl sites for hydroxylation is 1. The lowest BCUT2D eigenvalue weighted by Crippen LogP contribution is -2.15. The zero-order valence-corrected chi connectivity index (χ0v) is 11.0. The molecule has 0 fully saturated rings. The van der Waals surface area contributed by atoms with Crippen molar-refractivity contribution in [2.24, 2.45) is 0 Å². The van der Waals surface area contributed by atoms with Crippen molar-refractivity contribution in [2.75, 3.05) is 6.61 Å². The molecule has 0 aliphatic carbocycles. The van der Waals surface area contributed by atoms with Crippen LogP contribution >= 0.6 is 15.9 Å². The molecular formula is C12H15BrO3. The number of carbonyl (C=O) groups excluding carboxylic acids is 1. The lowest BCUT2D eigenvalue weighted by molar-refractivity contribution is -0.153. The molecule has 1 unspecified atom stereocenters. The van der Waals surface area contributed by atoms with E-state index in [1.165, 1.54) is 0 Å². The fourth-order valence-electron chi connectivity index (χ4n) is 1.39. The Balaban J connectivity index is 2.94. The minimum absolute atomic E-state index is 0.268. The Bertz CT molecular complexity index is 377. The van der Waals surface area contributed by atoms with Crippen LogP contribution < -0.4 is 0 Å². The molecule has 0 saturated carbocycles. The molecule has 0 saturated heterocycles. The Hall–Kier alpha value is -0.870. The fraction of sp³-hybridized carbons (Fsp3) is 0.417. The van der Waals surface area contributed by atoms with Crippen LogP contribution in [0.3, 0.4) is 0 Å². The SMILES string of the molecule is CCOC(=O)C(O)c1cc(Br)cc(CC)c1. The van der Waals surface area contributed by atoms with Crippen LogP contribution in [-0.2, 0) is 16.0 Å². The molecule has 0 bridgehead atoms. The zero-order valence-electron chi connectivity index (χ0n) is 9.37. The van der Waals surface area contributed by atoms with Crippen LogP contribution in [-0.4, -0.2) is 17.7 Å². The number of rotatable bonds is 4. The maximum absolute atomic E-state index is 11.4. The third-order valence-electron chi connectivity index (χ3n) is 2.21. The van der Waals surface area contributed by atoms with E-state index in [-0.39, 0.29) is 6.61 Å². The Morgan fingerprint density at radius 1 is 1.44 bits per heavy atom. The van der Waals surface area contributed by atoms with Crippen molar-refractivity contribution >= 4 is 21.9 Å². The molecule has 88 valence electrons. The van der Waals surface area contributed by atoms with E-state index < -0.39 is 12.1 Å². The third-order valence-corrected chi connectivity index (χ3v) is 2.67. The minimum atomic E-state index is -1.21. The van der Waals surface area contributed by atoms with Crippen molar-refractivity contribution in [3.63, 3.8) is 0 Å². The van der Waals surface area contributed by atoms with Crippen LogP contribution in [0, 0.1) is 0 Å². The fourth-order valence-corrected chi connectivity index (χ4v) is 1.95. The largest absolute Gasteiger partial charge is 0.464 e. The topological polar surface area (TPSA) is 46.5 Å². The number of aliphatic hydroxyl groups is 1. The Morgan fingerprint density at radius 3 is 2.69 bits per heavy atom. The van der Waals surface area contributed by atoms with Crippen LogP contribution in [0.25, 0.3) is 0 Å². The molecular weight excluding hydrogens is 272 g/mol. The first-order chi connectivity index (χ1) is 7.58. The average molecular weight is 287 g/mol. The molecule has 1 atom stereocenters. The number of hydrogen-bond acceptors (Lipinski definition) is 3. The summed E-state index contributed by atoms with van der Waals surface area (Å²) in [5.41, 5.74) is 1.62. The maximum atomic E-state index is 11.4. The summed E-state index contributed by atoms with van der Waals surface area (Å²) < 4.78 is 5.62. The van der Waals surface area contributed by atoms with Gasteiger partial charge in [-0.05, 0) is 36.6 Å². The van der Waals surface area contributed by atoms with Gasteiger partial charge in [0.1, 0.15) is 0 Å². The van der Waals surface area contributed by atoms with E-state index in [4.69, 9.17) is 4.74 Å². The monoisotopic (exact) mass is 286 g/mol. The van der Waals surface area contributed by atoms with Gasteiger partial charge in [0, 0.05) is 4.47 Å². The van der Waals surface area contributed by atoms with Crippen molar-refractivity contribution in [1.82, 2.24) is 0 Å². The summed E-state index contributed by atoms with van der Waals surface area (Å²) in [6.07, 6.45) is -0.357. The summed E-state index contributed by atoms with van der Waals surface area (Å²) in [5.74, 6) is -0.609. The highest BCUT2D eigenvalue weighted by molar-refractivity contribution is 9.10. The third kappa shape index (κ3) is 3.32. The van der Waals surface area contributed by atoms with E-state index in [0.717, 1.165) is 16.5 Å². The molecule has 1 aromatic rings. The van der Waals surface area contributed by atoms with Gasteiger partial charge in [-0.2, -0.15) is 0 Å². The number of ether oxygens (including phenoxy) is 1. The van der Waals surface area contributed by atoms with E-state index in [1.807, 2.05) is 19.1 Å². The van der Waals surface area contributed by atoms with Gasteiger partial charge in [-0.1, -0.05) is 28.9 Å². The number of halogens is 1. The smallest absolute Gasteiger partial charge is 0.339 e. The lowest BCUT2D eigenvalue weighted by Gasteiger charge is -2.11. The first-order valence-electron chi connectivity index (χ1n) is 5.22. The molecule has 1 N–H and O–H groups in total.